The van der Waals surface area contributed by atoms with Crippen LogP contribution in [0.3, 0.4) is 0 Å². The Morgan fingerprint density at radius 2 is 2.21 bits per heavy atom. The minimum atomic E-state index is 0.213. The van der Waals surface area contributed by atoms with Crippen LogP contribution in [0.5, 0.6) is 5.75 Å². The normalized spacial score (nSPS) is 10.4. The number of hydrogen-bond donors (Lipinski definition) is 0. The maximum Gasteiger partial charge on any atom is 0.172 e. The van der Waals surface area contributed by atoms with Gasteiger partial charge in [0, 0.05) is 6.54 Å². The summed E-state index contributed by atoms with van der Waals surface area (Å²) in [6.45, 7) is 2.94. The number of ether oxygens (including phenoxy) is 1. The average molecular weight is 280 g/mol. The van der Waals surface area contributed by atoms with E-state index in [0.29, 0.717) is 35.0 Å². The highest BCUT2D eigenvalue weighted by Crippen LogP contribution is 2.24. The second-order valence-electron chi connectivity index (χ2n) is 3.98. The molecular weight excluding hydrogens is 266 g/mol. The molecule has 1 aromatic heterocycles. The van der Waals surface area contributed by atoms with E-state index < -0.39 is 0 Å². The van der Waals surface area contributed by atoms with Crippen LogP contribution < -0.4 is 4.74 Å². The SMILES string of the molecule is CCCn1nnc(C=O)c1COc1ccccc1Cl. The Morgan fingerprint density at radius 1 is 1.42 bits per heavy atom. The van der Waals surface area contributed by atoms with Crippen LogP contribution in [0.2, 0.25) is 5.02 Å². The molecule has 2 aromatic rings. The molecule has 2 rings (SSSR count). The van der Waals surface area contributed by atoms with Crippen LogP contribution in [-0.2, 0) is 13.2 Å². The van der Waals surface area contributed by atoms with Gasteiger partial charge in [0.25, 0.3) is 0 Å². The maximum absolute atomic E-state index is 10.9. The number of aryl methyl sites for hydroxylation is 1. The van der Waals surface area contributed by atoms with Gasteiger partial charge in [0.1, 0.15) is 18.1 Å². The maximum atomic E-state index is 10.9. The molecule has 0 bridgehead atoms. The summed E-state index contributed by atoms with van der Waals surface area (Å²) in [5.41, 5.74) is 0.970. The van der Waals surface area contributed by atoms with E-state index in [2.05, 4.69) is 10.3 Å². The number of hydrogen-bond acceptors (Lipinski definition) is 4. The Hall–Kier alpha value is -1.88. The first-order valence-electron chi connectivity index (χ1n) is 6.01. The minimum Gasteiger partial charge on any atom is -0.486 e. The highest BCUT2D eigenvalue weighted by atomic mass is 35.5. The second-order valence-corrected chi connectivity index (χ2v) is 4.39. The van der Waals surface area contributed by atoms with Crippen molar-refractivity contribution in [2.24, 2.45) is 0 Å². The lowest BCUT2D eigenvalue weighted by Gasteiger charge is -2.09. The first-order valence-corrected chi connectivity index (χ1v) is 6.39. The van der Waals surface area contributed by atoms with Gasteiger partial charge in [0.15, 0.2) is 12.0 Å². The summed E-state index contributed by atoms with van der Waals surface area (Å²) in [4.78, 5) is 10.9. The zero-order chi connectivity index (χ0) is 13.7. The summed E-state index contributed by atoms with van der Waals surface area (Å²) in [7, 11) is 0. The number of nitrogens with zero attached hydrogens (tertiary/aromatic N) is 3. The van der Waals surface area contributed by atoms with Crippen LogP contribution in [0.1, 0.15) is 29.5 Å². The average Bonchev–Trinajstić information content (AvgIpc) is 2.80. The Labute approximate surface area is 116 Å². The van der Waals surface area contributed by atoms with Crippen LogP contribution >= 0.6 is 11.6 Å². The van der Waals surface area contributed by atoms with Crippen LogP contribution in [0.4, 0.5) is 0 Å². The number of aromatic nitrogens is 3. The van der Waals surface area contributed by atoms with Crippen molar-refractivity contribution in [2.75, 3.05) is 0 Å². The molecule has 0 saturated heterocycles. The molecule has 6 heteroatoms. The molecule has 1 heterocycles. The van der Waals surface area contributed by atoms with Gasteiger partial charge in [-0.15, -0.1) is 5.10 Å². The van der Waals surface area contributed by atoms with Crippen molar-refractivity contribution in [1.29, 1.82) is 0 Å². The van der Waals surface area contributed by atoms with E-state index in [9.17, 15) is 4.79 Å². The molecule has 19 heavy (non-hydrogen) atoms. The standard InChI is InChI=1S/C13H14ClN3O2/c1-2-7-17-12(11(8-18)15-16-17)9-19-13-6-4-3-5-10(13)14/h3-6,8H,2,7,9H2,1H3. The highest BCUT2D eigenvalue weighted by Gasteiger charge is 2.13. The lowest BCUT2D eigenvalue weighted by atomic mass is 10.3. The van der Waals surface area contributed by atoms with Crippen molar-refractivity contribution < 1.29 is 9.53 Å². The Morgan fingerprint density at radius 3 is 2.89 bits per heavy atom. The molecule has 1 aromatic carbocycles. The molecule has 0 radical (unpaired) electrons. The van der Waals surface area contributed by atoms with E-state index in [1.54, 1.807) is 16.8 Å². The number of carbonyl (C=O) groups excluding carboxylic acids is 1. The van der Waals surface area contributed by atoms with Gasteiger partial charge in [-0.3, -0.25) is 4.79 Å². The van der Waals surface area contributed by atoms with E-state index in [1.165, 1.54) is 0 Å². The lowest BCUT2D eigenvalue weighted by Crippen LogP contribution is -2.09. The van der Waals surface area contributed by atoms with Crippen molar-refractivity contribution in [3.8, 4) is 5.75 Å². The Balaban J connectivity index is 2.16. The summed E-state index contributed by atoms with van der Waals surface area (Å²) >= 11 is 6.01. The van der Waals surface area contributed by atoms with Gasteiger partial charge < -0.3 is 4.74 Å². The quantitative estimate of drug-likeness (QED) is 0.763. The third kappa shape index (κ3) is 3.12. The van der Waals surface area contributed by atoms with Crippen LogP contribution in [0.15, 0.2) is 24.3 Å². The van der Waals surface area contributed by atoms with E-state index in [1.807, 2.05) is 19.1 Å². The molecule has 0 aliphatic rings. The molecule has 100 valence electrons. The third-order valence-corrected chi connectivity index (χ3v) is 2.93. The van der Waals surface area contributed by atoms with Gasteiger partial charge in [-0.1, -0.05) is 35.9 Å². The topological polar surface area (TPSA) is 57.0 Å². The summed E-state index contributed by atoms with van der Waals surface area (Å²) in [5.74, 6) is 0.574. The largest absolute Gasteiger partial charge is 0.486 e. The van der Waals surface area contributed by atoms with Crippen LogP contribution in [0, 0.1) is 0 Å². The first kappa shape index (κ1) is 13.5. The fourth-order valence-corrected chi connectivity index (χ4v) is 1.88. The van der Waals surface area contributed by atoms with Crippen molar-refractivity contribution in [3.05, 3.63) is 40.7 Å². The van der Waals surface area contributed by atoms with Crippen molar-refractivity contribution in [3.63, 3.8) is 0 Å². The number of aldehydes is 1. The van der Waals surface area contributed by atoms with E-state index >= 15 is 0 Å². The highest BCUT2D eigenvalue weighted by molar-refractivity contribution is 6.32. The van der Waals surface area contributed by atoms with Crippen LogP contribution in [-0.4, -0.2) is 21.3 Å². The first-order chi connectivity index (χ1) is 9.26. The molecule has 0 fully saturated rings. The number of halogens is 1. The molecule has 0 aliphatic carbocycles. The van der Waals surface area contributed by atoms with Crippen molar-refractivity contribution >= 4 is 17.9 Å². The van der Waals surface area contributed by atoms with Gasteiger partial charge in [0.2, 0.25) is 0 Å². The second kappa shape index (κ2) is 6.33. The van der Waals surface area contributed by atoms with Crippen molar-refractivity contribution in [1.82, 2.24) is 15.0 Å². The number of carbonyl (C=O) groups is 1. The fourth-order valence-electron chi connectivity index (χ4n) is 1.69. The molecule has 0 atom stereocenters. The molecule has 0 amide bonds. The molecular formula is C13H14ClN3O2. The molecule has 0 spiro atoms. The summed E-state index contributed by atoms with van der Waals surface area (Å²) in [6.07, 6.45) is 1.59. The van der Waals surface area contributed by atoms with Gasteiger partial charge in [-0.25, -0.2) is 4.68 Å². The summed E-state index contributed by atoms with van der Waals surface area (Å²) < 4.78 is 7.30. The van der Waals surface area contributed by atoms with Gasteiger partial charge in [-0.05, 0) is 18.6 Å². The zero-order valence-electron chi connectivity index (χ0n) is 10.5. The predicted molar refractivity (Wildman–Crippen MR) is 71.5 cm³/mol. The Bertz CT molecular complexity index is 569. The minimum absolute atomic E-state index is 0.213. The molecule has 0 aliphatic heterocycles. The van der Waals surface area contributed by atoms with E-state index in [4.69, 9.17) is 16.3 Å². The smallest absolute Gasteiger partial charge is 0.172 e. The van der Waals surface area contributed by atoms with Crippen LogP contribution in [0.25, 0.3) is 0 Å². The molecule has 0 saturated carbocycles. The number of rotatable bonds is 6. The summed E-state index contributed by atoms with van der Waals surface area (Å²) in [6, 6.07) is 7.19. The number of para-hydroxylation sites is 1. The summed E-state index contributed by atoms with van der Waals surface area (Å²) in [5, 5.41) is 8.29. The van der Waals surface area contributed by atoms with Gasteiger partial charge in [0.05, 0.1) is 5.02 Å². The Kier molecular flexibility index (Phi) is 4.52. The zero-order valence-corrected chi connectivity index (χ0v) is 11.3. The van der Waals surface area contributed by atoms with Gasteiger partial charge >= 0.3 is 0 Å². The fraction of sp³-hybridized carbons (Fsp3) is 0.308. The van der Waals surface area contributed by atoms with E-state index in [0.717, 1.165) is 6.42 Å². The molecule has 0 N–H and O–H groups in total. The monoisotopic (exact) mass is 279 g/mol. The van der Waals surface area contributed by atoms with Gasteiger partial charge in [-0.2, -0.15) is 0 Å². The van der Waals surface area contributed by atoms with Crippen molar-refractivity contribution in [2.45, 2.75) is 26.5 Å². The predicted octanol–water partition coefficient (Wildman–Crippen LogP) is 2.73. The third-order valence-electron chi connectivity index (χ3n) is 2.62. The van der Waals surface area contributed by atoms with E-state index in [-0.39, 0.29) is 6.61 Å². The molecule has 0 unspecified atom stereocenters. The number of benzene rings is 1. The molecule has 5 nitrogen and oxygen atoms in total. The lowest BCUT2D eigenvalue weighted by molar-refractivity contribution is 0.111.